The van der Waals surface area contributed by atoms with Crippen LogP contribution < -0.4 is 0 Å². The molecule has 7 nitrogen and oxygen atoms in total. The van der Waals surface area contributed by atoms with Crippen LogP contribution in [0.2, 0.25) is 0 Å². The van der Waals surface area contributed by atoms with E-state index in [0.717, 1.165) is 15.9 Å². The van der Waals surface area contributed by atoms with Crippen molar-refractivity contribution in [3.63, 3.8) is 0 Å². The Morgan fingerprint density at radius 1 is 1.25 bits per heavy atom. The summed E-state index contributed by atoms with van der Waals surface area (Å²) in [6, 6.07) is 1.86. The first-order valence-corrected chi connectivity index (χ1v) is 5.21. The topological polar surface area (TPSA) is 93.1 Å². The van der Waals surface area contributed by atoms with E-state index in [-0.39, 0.29) is 0 Å². The van der Waals surface area contributed by atoms with Gasteiger partial charge in [-0.15, -0.1) is 5.10 Å². The smallest absolute Gasteiger partial charge is 0.213 e. The summed E-state index contributed by atoms with van der Waals surface area (Å²) in [5.74, 6) is 0. The van der Waals surface area contributed by atoms with Crippen LogP contribution in [0, 0.1) is 0 Å². The molecule has 1 N–H and O–H groups in total. The highest BCUT2D eigenvalue weighted by atomic mass is 32.2. The Morgan fingerprint density at radius 3 is 3.12 bits per heavy atom. The third kappa shape index (κ3) is 1.58. The number of aromatic nitrogens is 7. The van der Waals surface area contributed by atoms with Crippen molar-refractivity contribution in [3.05, 3.63) is 24.8 Å². The molecule has 0 bridgehead atoms. The molecule has 0 aromatic carbocycles. The van der Waals surface area contributed by atoms with E-state index in [2.05, 4.69) is 35.6 Å². The predicted molar refractivity (Wildman–Crippen MR) is 55.6 cm³/mol. The van der Waals surface area contributed by atoms with Gasteiger partial charge >= 0.3 is 0 Å². The summed E-state index contributed by atoms with van der Waals surface area (Å²) in [4.78, 5) is 12.3. The van der Waals surface area contributed by atoms with Crippen LogP contribution in [-0.2, 0) is 0 Å². The van der Waals surface area contributed by atoms with Crippen molar-refractivity contribution in [2.75, 3.05) is 0 Å². The van der Waals surface area contributed by atoms with Crippen LogP contribution in [-0.4, -0.2) is 35.6 Å². The van der Waals surface area contributed by atoms with Crippen LogP contribution in [0.25, 0.3) is 10.9 Å². The minimum Gasteiger partial charge on any atom is -0.262 e. The maximum Gasteiger partial charge on any atom is 0.213 e. The maximum absolute atomic E-state index is 4.19. The second-order valence-electron chi connectivity index (χ2n) is 2.88. The summed E-state index contributed by atoms with van der Waals surface area (Å²) in [6.45, 7) is 0. The summed E-state index contributed by atoms with van der Waals surface area (Å²) in [6.07, 6.45) is 4.89. The average molecular weight is 231 g/mol. The lowest BCUT2D eigenvalue weighted by Crippen LogP contribution is -1.88. The Labute approximate surface area is 93.7 Å². The molecule has 0 unspecified atom stereocenters. The highest BCUT2D eigenvalue weighted by Crippen LogP contribution is 2.27. The van der Waals surface area contributed by atoms with E-state index in [1.54, 1.807) is 12.4 Å². The molecule has 0 radical (unpaired) electrons. The lowest BCUT2D eigenvalue weighted by Gasteiger charge is -2.00. The van der Waals surface area contributed by atoms with Gasteiger partial charge in [-0.3, -0.25) is 4.98 Å². The van der Waals surface area contributed by atoms with Gasteiger partial charge in [0.2, 0.25) is 5.16 Å². The molecule has 8 heteroatoms. The quantitative estimate of drug-likeness (QED) is 0.648. The van der Waals surface area contributed by atoms with Gasteiger partial charge in [0.05, 0.1) is 11.7 Å². The summed E-state index contributed by atoms with van der Waals surface area (Å²) in [7, 11) is 0. The zero-order valence-corrected chi connectivity index (χ0v) is 8.72. The number of aromatic amines is 1. The van der Waals surface area contributed by atoms with Gasteiger partial charge in [-0.25, -0.2) is 15.1 Å². The van der Waals surface area contributed by atoms with Gasteiger partial charge in [0.1, 0.15) is 11.4 Å². The number of nitrogens with one attached hydrogen (secondary N) is 1. The highest BCUT2D eigenvalue weighted by molar-refractivity contribution is 7.99. The van der Waals surface area contributed by atoms with Gasteiger partial charge in [0.25, 0.3) is 0 Å². The largest absolute Gasteiger partial charge is 0.262 e. The number of tetrazole rings is 1. The molecular weight excluding hydrogens is 226 g/mol. The summed E-state index contributed by atoms with van der Waals surface area (Å²) < 4.78 is 0. The van der Waals surface area contributed by atoms with E-state index >= 15 is 0 Å². The number of rotatable bonds is 2. The van der Waals surface area contributed by atoms with Crippen molar-refractivity contribution < 1.29 is 0 Å². The second-order valence-corrected chi connectivity index (χ2v) is 3.86. The van der Waals surface area contributed by atoms with E-state index in [1.807, 2.05) is 6.07 Å². The fourth-order valence-corrected chi connectivity index (χ4v) is 1.98. The maximum atomic E-state index is 4.19. The fraction of sp³-hybridized carbons (Fsp3) is 0. The lowest BCUT2D eigenvalue weighted by molar-refractivity contribution is 0.881. The van der Waals surface area contributed by atoms with Gasteiger partial charge in [-0.2, -0.15) is 0 Å². The standard InChI is InChI=1S/C8H5N7S/c1-2-9-3-6-5(1)7(11-4-10-6)16-8-12-14-15-13-8/h1-4H,(H,12,13,14,15). The molecule has 3 rings (SSSR count). The third-order valence-corrected chi connectivity index (χ3v) is 2.81. The van der Waals surface area contributed by atoms with Crippen molar-refractivity contribution in [2.45, 2.75) is 10.2 Å². The first-order valence-electron chi connectivity index (χ1n) is 4.40. The first-order chi connectivity index (χ1) is 7.93. The lowest BCUT2D eigenvalue weighted by atomic mass is 10.3. The first kappa shape index (κ1) is 9.16. The van der Waals surface area contributed by atoms with Gasteiger partial charge in [-0.1, -0.05) is 0 Å². The SMILES string of the molecule is c1cc2c(Sc3nnn[nH]3)ncnc2cn1. The van der Waals surface area contributed by atoms with Crippen LogP contribution >= 0.6 is 11.8 Å². The van der Waals surface area contributed by atoms with E-state index in [9.17, 15) is 0 Å². The molecule has 0 aliphatic heterocycles. The van der Waals surface area contributed by atoms with Crippen molar-refractivity contribution in [1.29, 1.82) is 0 Å². The second kappa shape index (κ2) is 3.81. The van der Waals surface area contributed by atoms with Gasteiger partial charge in [0.15, 0.2) is 0 Å². The third-order valence-electron chi connectivity index (χ3n) is 1.92. The number of hydrogen-bond donors (Lipinski definition) is 1. The Hall–Kier alpha value is -2.09. The normalized spacial score (nSPS) is 10.8. The van der Waals surface area contributed by atoms with Crippen LogP contribution in [0.3, 0.4) is 0 Å². The number of H-pyrrole nitrogens is 1. The molecule has 0 atom stereocenters. The summed E-state index contributed by atoms with van der Waals surface area (Å²) >= 11 is 1.35. The molecule has 3 aromatic rings. The number of fused-ring (bicyclic) bond motifs is 1. The molecule has 0 saturated heterocycles. The predicted octanol–water partition coefficient (Wildman–Crippen LogP) is 0.689. The van der Waals surface area contributed by atoms with Crippen molar-refractivity contribution in [2.24, 2.45) is 0 Å². The van der Waals surface area contributed by atoms with Crippen LogP contribution in [0.5, 0.6) is 0 Å². The molecule has 3 heterocycles. The molecule has 16 heavy (non-hydrogen) atoms. The average Bonchev–Trinajstić information content (AvgIpc) is 2.82. The fourth-order valence-electron chi connectivity index (χ4n) is 1.25. The Morgan fingerprint density at radius 2 is 2.25 bits per heavy atom. The Balaban J connectivity index is 2.10. The molecule has 0 saturated carbocycles. The van der Waals surface area contributed by atoms with Crippen molar-refractivity contribution in [3.8, 4) is 0 Å². The van der Waals surface area contributed by atoms with Crippen molar-refractivity contribution >= 4 is 22.7 Å². The summed E-state index contributed by atoms with van der Waals surface area (Å²) in [5, 5.41) is 15.8. The molecule has 0 spiro atoms. The van der Waals surface area contributed by atoms with Gasteiger partial charge in [0, 0.05) is 11.6 Å². The molecule has 3 aromatic heterocycles. The zero-order valence-electron chi connectivity index (χ0n) is 7.90. The minimum atomic E-state index is 0.594. The van der Waals surface area contributed by atoms with Crippen LogP contribution in [0.1, 0.15) is 0 Å². The van der Waals surface area contributed by atoms with Gasteiger partial charge < -0.3 is 0 Å². The number of pyridine rings is 1. The van der Waals surface area contributed by atoms with Gasteiger partial charge in [-0.05, 0) is 28.3 Å². The van der Waals surface area contributed by atoms with E-state index in [1.165, 1.54) is 18.1 Å². The van der Waals surface area contributed by atoms with Crippen LogP contribution in [0.4, 0.5) is 0 Å². The Bertz CT molecular complexity index is 603. The van der Waals surface area contributed by atoms with E-state index < -0.39 is 0 Å². The molecule has 0 amide bonds. The van der Waals surface area contributed by atoms with Crippen LogP contribution in [0.15, 0.2) is 35.0 Å². The number of nitrogens with zero attached hydrogens (tertiary/aromatic N) is 6. The minimum absolute atomic E-state index is 0.594. The molecule has 0 fully saturated rings. The molecule has 0 aliphatic carbocycles. The molecule has 78 valence electrons. The van der Waals surface area contributed by atoms with E-state index in [4.69, 9.17) is 0 Å². The molecule has 0 aliphatic rings. The highest BCUT2D eigenvalue weighted by Gasteiger charge is 2.07. The number of hydrogen-bond acceptors (Lipinski definition) is 7. The van der Waals surface area contributed by atoms with E-state index in [0.29, 0.717) is 5.16 Å². The summed E-state index contributed by atoms with van der Waals surface area (Å²) in [5.41, 5.74) is 0.799. The monoisotopic (exact) mass is 231 g/mol. The van der Waals surface area contributed by atoms with Crippen molar-refractivity contribution in [1.82, 2.24) is 35.6 Å². The Kier molecular flexibility index (Phi) is 2.18. The zero-order chi connectivity index (χ0) is 10.8. The molecular formula is C8H5N7S.